The first-order valence-electron chi connectivity index (χ1n) is 4.56. The van der Waals surface area contributed by atoms with Gasteiger partial charge >= 0.3 is 0 Å². The molecule has 17 heavy (non-hydrogen) atoms. The van der Waals surface area contributed by atoms with E-state index in [1.165, 1.54) is 18.5 Å². The molecule has 0 aliphatic rings. The van der Waals surface area contributed by atoms with Crippen LogP contribution in [0, 0.1) is 5.82 Å². The van der Waals surface area contributed by atoms with Crippen LogP contribution >= 0.6 is 0 Å². The van der Waals surface area contributed by atoms with Crippen LogP contribution in [0.4, 0.5) is 15.8 Å². The van der Waals surface area contributed by atoms with Crippen molar-refractivity contribution < 1.29 is 12.8 Å². The third-order valence-electron chi connectivity index (χ3n) is 2.02. The Labute approximate surface area is 96.7 Å². The lowest BCUT2D eigenvalue weighted by atomic mass is 10.3. The molecule has 1 aromatic carbocycles. The molecule has 0 bridgehead atoms. The number of rotatable bonds is 3. The number of benzene rings is 1. The number of sulfonamides is 1. The minimum absolute atomic E-state index is 0.0256. The van der Waals surface area contributed by atoms with Crippen LogP contribution in [0.2, 0.25) is 0 Å². The largest absolute Gasteiger partial charge is 0.398 e. The van der Waals surface area contributed by atoms with E-state index in [4.69, 9.17) is 5.73 Å². The third kappa shape index (κ3) is 2.36. The van der Waals surface area contributed by atoms with E-state index < -0.39 is 15.8 Å². The lowest BCUT2D eigenvalue weighted by Gasteiger charge is -2.08. The molecule has 0 saturated heterocycles. The van der Waals surface area contributed by atoms with Gasteiger partial charge in [-0.25, -0.2) is 12.8 Å². The van der Waals surface area contributed by atoms with Gasteiger partial charge in [-0.1, -0.05) is 0 Å². The number of nitrogens with one attached hydrogen (secondary N) is 2. The van der Waals surface area contributed by atoms with E-state index in [0.717, 1.165) is 12.1 Å². The standard InChI is InChI=1S/C9H9FN4O2S/c10-6-1-2-8(11)9(3-6)17(15,16)14-7-4-12-13-5-7/h1-5,14H,11H2,(H,12,13). The molecule has 6 nitrogen and oxygen atoms in total. The number of nitrogens with zero attached hydrogens (tertiary/aromatic N) is 1. The fraction of sp³-hybridized carbons (Fsp3) is 0. The summed E-state index contributed by atoms with van der Waals surface area (Å²) in [5.74, 6) is -0.674. The average Bonchev–Trinajstić information content (AvgIpc) is 2.73. The predicted octanol–water partition coefficient (Wildman–Crippen LogP) is 0.932. The molecule has 1 aromatic heterocycles. The number of hydrogen-bond acceptors (Lipinski definition) is 4. The maximum atomic E-state index is 13.0. The summed E-state index contributed by atoms with van der Waals surface area (Å²) >= 11 is 0. The van der Waals surface area contributed by atoms with Gasteiger partial charge in [-0.15, -0.1) is 0 Å². The monoisotopic (exact) mass is 256 g/mol. The molecule has 0 unspecified atom stereocenters. The van der Waals surface area contributed by atoms with Gasteiger partial charge in [0.1, 0.15) is 10.7 Å². The van der Waals surface area contributed by atoms with E-state index in [1.54, 1.807) is 0 Å². The van der Waals surface area contributed by atoms with Gasteiger partial charge in [0.25, 0.3) is 10.0 Å². The van der Waals surface area contributed by atoms with Crippen molar-refractivity contribution in [1.29, 1.82) is 0 Å². The fourth-order valence-electron chi connectivity index (χ4n) is 1.26. The second-order valence-electron chi connectivity index (χ2n) is 3.27. The summed E-state index contributed by atoms with van der Waals surface area (Å²) in [6.45, 7) is 0. The van der Waals surface area contributed by atoms with Crippen molar-refractivity contribution in [2.45, 2.75) is 4.90 Å². The Hall–Kier alpha value is -2.09. The van der Waals surface area contributed by atoms with Crippen molar-refractivity contribution in [3.63, 3.8) is 0 Å². The minimum atomic E-state index is -3.91. The van der Waals surface area contributed by atoms with Gasteiger partial charge in [-0.3, -0.25) is 9.82 Å². The van der Waals surface area contributed by atoms with Crippen molar-refractivity contribution in [2.24, 2.45) is 0 Å². The van der Waals surface area contributed by atoms with Crippen molar-refractivity contribution in [1.82, 2.24) is 10.2 Å². The number of halogens is 1. The summed E-state index contributed by atoms with van der Waals surface area (Å²) in [5.41, 5.74) is 5.71. The number of anilines is 2. The Morgan fingerprint density at radius 3 is 2.82 bits per heavy atom. The number of H-pyrrole nitrogens is 1. The van der Waals surface area contributed by atoms with Gasteiger partial charge < -0.3 is 5.73 Å². The van der Waals surface area contributed by atoms with Gasteiger partial charge in [-0.05, 0) is 18.2 Å². The summed E-state index contributed by atoms with van der Waals surface area (Å²) < 4.78 is 39.0. The first kappa shape index (κ1) is 11.4. The molecular formula is C9H9FN4O2S. The molecule has 1 heterocycles. The molecule has 0 atom stereocenters. The molecule has 2 aromatic rings. The van der Waals surface area contributed by atoms with Gasteiger partial charge in [0.05, 0.1) is 17.6 Å². The van der Waals surface area contributed by atoms with Gasteiger partial charge in [0.2, 0.25) is 0 Å². The molecule has 0 aliphatic heterocycles. The third-order valence-corrected chi connectivity index (χ3v) is 3.45. The van der Waals surface area contributed by atoms with E-state index >= 15 is 0 Å². The average molecular weight is 256 g/mol. The van der Waals surface area contributed by atoms with E-state index in [1.807, 2.05) is 0 Å². The summed E-state index contributed by atoms with van der Waals surface area (Å²) in [6, 6.07) is 3.14. The molecular weight excluding hydrogens is 247 g/mol. The van der Waals surface area contributed by atoms with Crippen LogP contribution in [0.5, 0.6) is 0 Å². The number of nitrogens with two attached hydrogens (primary N) is 1. The fourth-order valence-corrected chi connectivity index (χ4v) is 2.44. The number of hydrogen-bond donors (Lipinski definition) is 3. The number of aromatic amines is 1. The minimum Gasteiger partial charge on any atom is -0.398 e. The summed E-state index contributed by atoms with van der Waals surface area (Å²) in [4.78, 5) is -0.307. The highest BCUT2D eigenvalue weighted by molar-refractivity contribution is 7.92. The Bertz CT molecular complexity index is 624. The SMILES string of the molecule is Nc1ccc(F)cc1S(=O)(=O)Nc1cn[nH]c1. The van der Waals surface area contributed by atoms with Crippen molar-refractivity contribution >= 4 is 21.4 Å². The number of aromatic nitrogens is 2. The molecule has 0 spiro atoms. The first-order chi connectivity index (χ1) is 7.99. The van der Waals surface area contributed by atoms with E-state index in [2.05, 4.69) is 14.9 Å². The molecule has 2 rings (SSSR count). The molecule has 0 fully saturated rings. The van der Waals surface area contributed by atoms with Crippen molar-refractivity contribution in [3.05, 3.63) is 36.4 Å². The van der Waals surface area contributed by atoms with Crippen LogP contribution in [0.1, 0.15) is 0 Å². The first-order valence-corrected chi connectivity index (χ1v) is 6.04. The molecule has 0 saturated carbocycles. The zero-order valence-corrected chi connectivity index (χ0v) is 9.33. The Balaban J connectivity index is 2.41. The Morgan fingerprint density at radius 1 is 1.41 bits per heavy atom. The van der Waals surface area contributed by atoms with Gasteiger partial charge in [0, 0.05) is 6.20 Å². The van der Waals surface area contributed by atoms with Crippen LogP contribution in [0.3, 0.4) is 0 Å². The van der Waals surface area contributed by atoms with Crippen molar-refractivity contribution in [2.75, 3.05) is 10.5 Å². The number of nitrogen functional groups attached to an aromatic ring is 1. The molecule has 0 amide bonds. The molecule has 4 N–H and O–H groups in total. The van der Waals surface area contributed by atoms with Crippen LogP contribution in [0.15, 0.2) is 35.5 Å². The predicted molar refractivity (Wildman–Crippen MR) is 60.2 cm³/mol. The maximum Gasteiger partial charge on any atom is 0.264 e. The van der Waals surface area contributed by atoms with Crippen molar-refractivity contribution in [3.8, 4) is 0 Å². The van der Waals surface area contributed by atoms with Crippen LogP contribution in [-0.2, 0) is 10.0 Å². The second-order valence-corrected chi connectivity index (χ2v) is 4.93. The lowest BCUT2D eigenvalue weighted by molar-refractivity contribution is 0.596. The highest BCUT2D eigenvalue weighted by Crippen LogP contribution is 2.21. The topological polar surface area (TPSA) is 101 Å². The zero-order chi connectivity index (χ0) is 12.5. The molecule has 90 valence electrons. The summed E-state index contributed by atoms with van der Waals surface area (Å²) in [5, 5.41) is 6.03. The lowest BCUT2D eigenvalue weighted by Crippen LogP contribution is -2.14. The quantitative estimate of drug-likeness (QED) is 0.711. The van der Waals surface area contributed by atoms with Gasteiger partial charge in [0.15, 0.2) is 0 Å². The Morgan fingerprint density at radius 2 is 2.18 bits per heavy atom. The van der Waals surface area contributed by atoms with E-state index in [0.29, 0.717) is 0 Å². The van der Waals surface area contributed by atoms with E-state index in [-0.39, 0.29) is 16.3 Å². The van der Waals surface area contributed by atoms with E-state index in [9.17, 15) is 12.8 Å². The van der Waals surface area contributed by atoms with Gasteiger partial charge in [-0.2, -0.15) is 5.10 Å². The Kier molecular flexibility index (Phi) is 2.72. The normalized spacial score (nSPS) is 11.4. The highest BCUT2D eigenvalue weighted by atomic mass is 32.2. The summed E-state index contributed by atoms with van der Waals surface area (Å²) in [6.07, 6.45) is 2.64. The van der Waals surface area contributed by atoms with Crippen LogP contribution in [0.25, 0.3) is 0 Å². The zero-order valence-electron chi connectivity index (χ0n) is 8.51. The second kappa shape index (κ2) is 4.06. The van der Waals surface area contributed by atoms with Crippen LogP contribution in [-0.4, -0.2) is 18.6 Å². The maximum absolute atomic E-state index is 13.0. The smallest absolute Gasteiger partial charge is 0.264 e. The van der Waals surface area contributed by atoms with Crippen LogP contribution < -0.4 is 10.5 Å². The summed E-state index contributed by atoms with van der Waals surface area (Å²) in [7, 11) is -3.91. The highest BCUT2D eigenvalue weighted by Gasteiger charge is 2.18. The molecule has 8 heteroatoms. The molecule has 0 aliphatic carbocycles. The molecule has 0 radical (unpaired) electrons.